The van der Waals surface area contributed by atoms with E-state index in [2.05, 4.69) is 196 Å². The second-order valence-electron chi connectivity index (χ2n) is 17.6. The fourth-order valence-electron chi connectivity index (χ4n) is 10.5. The molecule has 0 N–H and O–H groups in total. The summed E-state index contributed by atoms with van der Waals surface area (Å²) in [6, 6.07) is 73.7. The molecule has 0 bridgehead atoms. The second kappa shape index (κ2) is 19.6. The number of hydrogen-bond acceptors (Lipinski definition) is 3. The van der Waals surface area contributed by atoms with E-state index in [-0.39, 0.29) is 31.5 Å². The molecule has 342 valence electrons. The molecular weight excluding hydrogens is 853 g/mol. The van der Waals surface area contributed by atoms with Crippen molar-refractivity contribution in [2.24, 2.45) is 0 Å². The Kier molecular flexibility index (Phi) is 13.1. The Hall–Kier alpha value is -8.50. The lowest BCUT2D eigenvalue weighted by atomic mass is 9.74. The third kappa shape index (κ3) is 8.11. The largest absolute Gasteiger partial charge is 0.477 e. The molecule has 3 nitrogen and oxygen atoms in total. The van der Waals surface area contributed by atoms with E-state index in [4.69, 9.17) is 27.1 Å². The second-order valence-corrected chi connectivity index (χ2v) is 17.6. The first-order chi connectivity index (χ1) is 33.9. The molecular formula is C67H56O3. The van der Waals surface area contributed by atoms with Gasteiger partial charge in [0.25, 0.3) is 0 Å². The highest BCUT2D eigenvalue weighted by Gasteiger charge is 2.42. The van der Waals surface area contributed by atoms with Gasteiger partial charge in [-0.25, -0.2) is 0 Å². The smallest absolute Gasteiger partial charge is 0.163 e. The molecule has 10 aromatic rings. The van der Waals surface area contributed by atoms with Crippen molar-refractivity contribution in [2.45, 2.75) is 46.0 Å². The van der Waals surface area contributed by atoms with Crippen molar-refractivity contribution in [1.29, 1.82) is 0 Å². The van der Waals surface area contributed by atoms with Gasteiger partial charge in [0.05, 0.1) is 0 Å². The van der Waals surface area contributed by atoms with Crippen LogP contribution in [0.25, 0.3) is 54.6 Å². The number of benzene rings is 10. The van der Waals surface area contributed by atoms with Gasteiger partial charge in [0.2, 0.25) is 0 Å². The summed E-state index contributed by atoms with van der Waals surface area (Å²) in [4.78, 5) is 0. The summed E-state index contributed by atoms with van der Waals surface area (Å²) in [5.74, 6) is 7.75. The maximum atomic E-state index is 6.47. The maximum Gasteiger partial charge on any atom is 0.163 e. The van der Waals surface area contributed by atoms with E-state index in [9.17, 15) is 0 Å². The van der Waals surface area contributed by atoms with Crippen LogP contribution in [0.3, 0.4) is 0 Å². The average molecular weight is 909 g/mol. The number of terminal acetylenes is 2. The summed E-state index contributed by atoms with van der Waals surface area (Å²) in [7, 11) is 0. The Balaban J connectivity index is 0.000000245. The molecule has 0 aromatic heterocycles. The van der Waals surface area contributed by atoms with Crippen molar-refractivity contribution in [1.82, 2.24) is 0 Å². The van der Waals surface area contributed by atoms with Crippen LogP contribution in [-0.4, -0.2) is 13.2 Å². The average Bonchev–Trinajstić information content (AvgIpc) is 3.81. The van der Waals surface area contributed by atoms with Crippen LogP contribution >= 0.6 is 0 Å². The topological polar surface area (TPSA) is 27.7 Å². The lowest BCUT2D eigenvalue weighted by Gasteiger charge is -2.29. The van der Waals surface area contributed by atoms with E-state index < -0.39 is 0 Å². The van der Waals surface area contributed by atoms with Crippen molar-refractivity contribution >= 4 is 32.3 Å². The highest BCUT2D eigenvalue weighted by molar-refractivity contribution is 5.96. The quantitative estimate of drug-likeness (QED) is 0.142. The van der Waals surface area contributed by atoms with E-state index in [1.165, 1.54) is 77.2 Å². The molecule has 0 aliphatic heterocycles. The van der Waals surface area contributed by atoms with Gasteiger partial charge in [-0.2, -0.15) is 0 Å². The van der Waals surface area contributed by atoms with Crippen molar-refractivity contribution in [3.63, 3.8) is 0 Å². The first-order valence-electron chi connectivity index (χ1n) is 23.7. The molecule has 0 amide bonds. The van der Waals surface area contributed by atoms with Crippen LogP contribution in [0.2, 0.25) is 0 Å². The third-order valence-corrected chi connectivity index (χ3v) is 13.9. The lowest BCUT2D eigenvalue weighted by Crippen LogP contribution is -2.22. The molecule has 0 saturated heterocycles. The van der Waals surface area contributed by atoms with Crippen LogP contribution in [0.4, 0.5) is 0 Å². The van der Waals surface area contributed by atoms with Gasteiger partial charge in [0.15, 0.2) is 11.5 Å². The van der Waals surface area contributed by atoms with Gasteiger partial charge in [-0.1, -0.05) is 179 Å². The summed E-state index contributed by atoms with van der Waals surface area (Å²) in [6.45, 7) is 9.13. The van der Waals surface area contributed by atoms with Crippen LogP contribution in [0.1, 0.15) is 68.5 Å². The van der Waals surface area contributed by atoms with E-state index >= 15 is 0 Å². The summed E-state index contributed by atoms with van der Waals surface area (Å²) in [5, 5.41) is 7.24. The van der Waals surface area contributed by atoms with Gasteiger partial charge in [0.1, 0.15) is 24.7 Å². The van der Waals surface area contributed by atoms with Crippen LogP contribution in [-0.2, 0) is 10.8 Å². The van der Waals surface area contributed by atoms with Crippen LogP contribution in [0, 0.1) is 24.7 Å². The minimum absolute atomic E-state index is 0. The predicted octanol–water partition coefficient (Wildman–Crippen LogP) is 17.0. The summed E-state index contributed by atoms with van der Waals surface area (Å²) < 4.78 is 17.4. The molecule has 70 heavy (non-hydrogen) atoms. The molecule has 0 heterocycles. The fraction of sp³-hybridized carbons (Fsp3) is 0.134. The number of hydrogen-bond donors (Lipinski definition) is 0. The van der Waals surface area contributed by atoms with Gasteiger partial charge in [-0.3, -0.25) is 0 Å². The molecule has 2 unspecified atom stereocenters. The highest BCUT2D eigenvalue weighted by Crippen LogP contribution is 2.55. The lowest BCUT2D eigenvalue weighted by molar-refractivity contribution is 0.315. The molecule has 2 aliphatic rings. The van der Waals surface area contributed by atoms with Crippen molar-refractivity contribution < 1.29 is 14.2 Å². The Labute approximate surface area is 413 Å². The van der Waals surface area contributed by atoms with Gasteiger partial charge in [0, 0.05) is 10.8 Å². The molecule has 2 atom stereocenters. The Morgan fingerprint density at radius 2 is 0.686 bits per heavy atom. The van der Waals surface area contributed by atoms with Crippen LogP contribution in [0.5, 0.6) is 23.0 Å². The van der Waals surface area contributed by atoms with E-state index in [1.54, 1.807) is 0 Å². The van der Waals surface area contributed by atoms with Gasteiger partial charge < -0.3 is 14.2 Å². The van der Waals surface area contributed by atoms with Gasteiger partial charge in [-0.05, 0) is 162 Å². The van der Waals surface area contributed by atoms with Crippen molar-refractivity contribution in [3.8, 4) is 69.9 Å². The van der Waals surface area contributed by atoms with E-state index in [0.29, 0.717) is 11.5 Å². The molecule has 12 rings (SSSR count). The summed E-state index contributed by atoms with van der Waals surface area (Å²) in [5.41, 5.74) is 12.7. The first kappa shape index (κ1) is 46.6. The molecule has 0 fully saturated rings. The number of fused-ring (bicyclic) bond motifs is 9. The Morgan fingerprint density at radius 3 is 1.04 bits per heavy atom. The monoisotopic (exact) mass is 908 g/mol. The predicted molar refractivity (Wildman–Crippen MR) is 294 cm³/mol. The van der Waals surface area contributed by atoms with E-state index in [0.717, 1.165) is 22.3 Å². The van der Waals surface area contributed by atoms with E-state index in [1.807, 2.05) is 50.2 Å². The molecule has 10 aromatic carbocycles. The molecule has 3 heteroatoms. The summed E-state index contributed by atoms with van der Waals surface area (Å²) in [6.07, 6.45) is 10.4. The highest BCUT2D eigenvalue weighted by atomic mass is 16.5. The fourth-order valence-corrected chi connectivity index (χ4v) is 10.5. The zero-order valence-electron chi connectivity index (χ0n) is 39.4. The van der Waals surface area contributed by atoms with Crippen LogP contribution in [0.15, 0.2) is 206 Å². The maximum absolute atomic E-state index is 6.47. The molecule has 2 aliphatic carbocycles. The third-order valence-electron chi connectivity index (χ3n) is 13.9. The number of ether oxygens (including phenoxy) is 3. The van der Waals surface area contributed by atoms with Gasteiger partial charge >= 0.3 is 0 Å². The SMILES string of the molecule is C.C#CCOc1cc2ccccc2cc1OCC#C.CC.CC1(c2ccc(Oc3ccc(C4(C)c5ccccc5-c5cc6ccccc6cc54)cc3)cc2)c2ccccc2-c2cc3ccccc3cc21. The number of rotatable bonds is 8. The van der Waals surface area contributed by atoms with Crippen molar-refractivity contribution in [2.75, 3.05) is 13.2 Å². The minimum Gasteiger partial charge on any atom is -0.477 e. The molecule has 0 saturated carbocycles. The van der Waals surface area contributed by atoms with Crippen molar-refractivity contribution in [3.05, 3.63) is 240 Å². The normalized spacial score (nSPS) is 15.5. The molecule has 0 radical (unpaired) electrons. The summed E-state index contributed by atoms with van der Waals surface area (Å²) >= 11 is 0. The minimum atomic E-state index is -0.259. The zero-order valence-corrected chi connectivity index (χ0v) is 39.4. The Morgan fingerprint density at radius 1 is 0.371 bits per heavy atom. The standard InChI is InChI=1S/C48H34O.C16H12O2.C2H6.CH4/c1-47(43-17-9-7-15-39(43)41-27-31-11-3-5-13-33(31)29-45(41)47)35-19-23-37(24-20-35)49-38-25-21-36(22-26-38)48(2)44-18-10-8-16-40(44)42-28-32-12-4-6-14-34(32)30-46(42)48;1-3-9-17-15-11-13-7-5-6-8-14(13)12-16(15)18-10-4-2;1-2;/h3-30H,1-2H3;1-2,5-8,11-12H,9-10H2;1-2H3;1H4. The Bertz CT molecular complexity index is 3370. The zero-order chi connectivity index (χ0) is 47.5. The first-order valence-corrected chi connectivity index (χ1v) is 23.7. The molecule has 0 spiro atoms. The van der Waals surface area contributed by atoms with Crippen LogP contribution < -0.4 is 14.2 Å². The van der Waals surface area contributed by atoms with Gasteiger partial charge in [-0.15, -0.1) is 12.8 Å².